The maximum Gasteiger partial charge on any atom is 0.314 e. The van der Waals surface area contributed by atoms with E-state index in [2.05, 4.69) is 4.74 Å². The number of methoxy groups -OCH3 is 1. The first-order chi connectivity index (χ1) is 7.98. The summed E-state index contributed by atoms with van der Waals surface area (Å²) in [5.41, 5.74) is 0.0345. The van der Waals surface area contributed by atoms with Crippen LogP contribution in [0.1, 0.15) is 19.4 Å². The molecule has 1 aromatic carbocycles. The molecule has 17 heavy (non-hydrogen) atoms. The summed E-state index contributed by atoms with van der Waals surface area (Å²) in [7, 11) is 1.32. The fourth-order valence-corrected chi connectivity index (χ4v) is 1.39. The molecule has 92 valence electrons. The summed E-state index contributed by atoms with van der Waals surface area (Å²) in [4.78, 5) is 11.5. The first-order valence-electron chi connectivity index (χ1n) is 5.48. The third kappa shape index (κ3) is 3.43. The Labute approximate surface area is 102 Å². The fraction of sp³-hybridized carbons (Fsp3) is 0.357. The maximum absolute atomic E-state index is 11.5. The highest BCUT2D eigenvalue weighted by Crippen LogP contribution is 2.23. The quantitative estimate of drug-likeness (QED) is 0.813. The SMILES string of the molecule is COC(=O)C(C)(C)C(O)/C=C/c1ccccc1. The Balaban J connectivity index is 2.75. The number of aliphatic hydroxyl groups is 1. The predicted octanol–water partition coefficient (Wildman–Crippen LogP) is 2.26. The van der Waals surface area contributed by atoms with Crippen LogP contribution in [0.15, 0.2) is 36.4 Å². The molecular formula is C14H18O3. The highest BCUT2D eigenvalue weighted by atomic mass is 16.5. The van der Waals surface area contributed by atoms with E-state index in [1.165, 1.54) is 7.11 Å². The van der Waals surface area contributed by atoms with Crippen molar-refractivity contribution in [3.8, 4) is 0 Å². The zero-order chi connectivity index (χ0) is 12.9. The molecule has 0 aliphatic rings. The summed E-state index contributed by atoms with van der Waals surface area (Å²) >= 11 is 0. The van der Waals surface area contributed by atoms with Gasteiger partial charge in [-0.3, -0.25) is 4.79 Å². The normalized spacial score (nSPS) is 13.6. The van der Waals surface area contributed by atoms with Crippen molar-refractivity contribution in [3.05, 3.63) is 42.0 Å². The Morgan fingerprint density at radius 3 is 2.47 bits per heavy atom. The number of ether oxygens (including phenoxy) is 1. The molecule has 0 amide bonds. The molecule has 0 spiro atoms. The van der Waals surface area contributed by atoms with Gasteiger partial charge in [0, 0.05) is 0 Å². The largest absolute Gasteiger partial charge is 0.469 e. The highest BCUT2D eigenvalue weighted by Gasteiger charge is 2.35. The van der Waals surface area contributed by atoms with Crippen molar-refractivity contribution in [2.75, 3.05) is 7.11 Å². The third-order valence-corrected chi connectivity index (χ3v) is 2.72. The zero-order valence-corrected chi connectivity index (χ0v) is 10.4. The van der Waals surface area contributed by atoms with Crippen molar-refractivity contribution < 1.29 is 14.6 Å². The molecule has 0 aliphatic carbocycles. The minimum Gasteiger partial charge on any atom is -0.469 e. The topological polar surface area (TPSA) is 46.5 Å². The molecule has 0 aliphatic heterocycles. The second kappa shape index (κ2) is 5.64. The molecule has 1 atom stereocenters. The van der Waals surface area contributed by atoms with E-state index < -0.39 is 17.5 Å². The average molecular weight is 234 g/mol. The van der Waals surface area contributed by atoms with Crippen molar-refractivity contribution in [1.29, 1.82) is 0 Å². The van der Waals surface area contributed by atoms with Gasteiger partial charge in [-0.25, -0.2) is 0 Å². The maximum atomic E-state index is 11.5. The molecule has 0 saturated carbocycles. The molecule has 0 heterocycles. The van der Waals surface area contributed by atoms with Gasteiger partial charge in [0.1, 0.15) is 0 Å². The molecule has 0 aromatic heterocycles. The number of carbonyl (C=O) groups excluding carboxylic acids is 1. The van der Waals surface area contributed by atoms with Gasteiger partial charge in [0.15, 0.2) is 0 Å². The van der Waals surface area contributed by atoms with Crippen molar-refractivity contribution >= 4 is 12.0 Å². The minimum absolute atomic E-state index is 0.428. The summed E-state index contributed by atoms with van der Waals surface area (Å²) in [6, 6.07) is 9.60. The Kier molecular flexibility index (Phi) is 4.46. The third-order valence-electron chi connectivity index (χ3n) is 2.72. The number of esters is 1. The summed E-state index contributed by atoms with van der Waals surface area (Å²) in [6.45, 7) is 3.30. The first-order valence-corrected chi connectivity index (χ1v) is 5.48. The van der Waals surface area contributed by atoms with Crippen LogP contribution in [0, 0.1) is 5.41 Å². The van der Waals surface area contributed by atoms with Crippen LogP contribution < -0.4 is 0 Å². The van der Waals surface area contributed by atoms with E-state index in [1.54, 1.807) is 26.0 Å². The number of benzene rings is 1. The fourth-order valence-electron chi connectivity index (χ4n) is 1.39. The summed E-state index contributed by atoms with van der Waals surface area (Å²) in [5.74, 6) is -0.428. The highest BCUT2D eigenvalue weighted by molar-refractivity contribution is 5.77. The van der Waals surface area contributed by atoms with E-state index in [0.29, 0.717) is 0 Å². The van der Waals surface area contributed by atoms with Gasteiger partial charge in [0.25, 0.3) is 0 Å². The van der Waals surface area contributed by atoms with Crippen LogP contribution in [0.25, 0.3) is 6.08 Å². The van der Waals surface area contributed by atoms with Gasteiger partial charge in [0.2, 0.25) is 0 Å². The number of aliphatic hydroxyl groups excluding tert-OH is 1. The van der Waals surface area contributed by atoms with E-state index in [-0.39, 0.29) is 0 Å². The number of carbonyl (C=O) groups is 1. The second-order valence-corrected chi connectivity index (χ2v) is 4.43. The van der Waals surface area contributed by atoms with Crippen molar-refractivity contribution in [2.45, 2.75) is 20.0 Å². The van der Waals surface area contributed by atoms with Crippen LogP contribution in [0.4, 0.5) is 0 Å². The lowest BCUT2D eigenvalue weighted by Gasteiger charge is -2.25. The van der Waals surface area contributed by atoms with Crippen LogP contribution in [0.3, 0.4) is 0 Å². The minimum atomic E-state index is -0.944. The Bertz CT molecular complexity index is 393. The summed E-state index contributed by atoms with van der Waals surface area (Å²) < 4.78 is 4.66. The Hall–Kier alpha value is -1.61. The molecule has 1 N–H and O–H groups in total. The summed E-state index contributed by atoms with van der Waals surface area (Å²) in [6.07, 6.45) is 2.51. The molecule has 0 radical (unpaired) electrons. The lowest BCUT2D eigenvalue weighted by molar-refractivity contribution is -0.155. The standard InChI is InChI=1S/C14H18O3/c1-14(2,13(16)17-3)12(15)10-9-11-7-5-4-6-8-11/h4-10,12,15H,1-3H3/b10-9+. The van der Waals surface area contributed by atoms with Crippen LogP contribution >= 0.6 is 0 Å². The van der Waals surface area contributed by atoms with Gasteiger partial charge < -0.3 is 9.84 Å². The van der Waals surface area contributed by atoms with Crippen molar-refractivity contribution in [3.63, 3.8) is 0 Å². The number of rotatable bonds is 4. The molecule has 0 saturated heterocycles. The van der Waals surface area contributed by atoms with Gasteiger partial charge in [0.05, 0.1) is 18.6 Å². The van der Waals surface area contributed by atoms with Gasteiger partial charge in [-0.05, 0) is 19.4 Å². The van der Waals surface area contributed by atoms with E-state index in [4.69, 9.17) is 0 Å². The Morgan fingerprint density at radius 2 is 1.94 bits per heavy atom. The van der Waals surface area contributed by atoms with Crippen molar-refractivity contribution in [2.24, 2.45) is 5.41 Å². The average Bonchev–Trinajstić information content (AvgIpc) is 2.35. The van der Waals surface area contributed by atoms with E-state index >= 15 is 0 Å². The van der Waals surface area contributed by atoms with E-state index in [9.17, 15) is 9.90 Å². The van der Waals surface area contributed by atoms with Crippen LogP contribution in [-0.4, -0.2) is 24.3 Å². The first kappa shape index (κ1) is 13.5. The van der Waals surface area contributed by atoms with Gasteiger partial charge >= 0.3 is 5.97 Å². The Morgan fingerprint density at radius 1 is 1.35 bits per heavy atom. The number of hydrogen-bond donors (Lipinski definition) is 1. The van der Waals surface area contributed by atoms with Gasteiger partial charge in [-0.2, -0.15) is 0 Å². The van der Waals surface area contributed by atoms with Crippen LogP contribution in [0.2, 0.25) is 0 Å². The second-order valence-electron chi connectivity index (χ2n) is 4.43. The molecular weight excluding hydrogens is 216 g/mol. The molecule has 3 heteroatoms. The van der Waals surface area contributed by atoms with E-state index in [1.807, 2.05) is 30.3 Å². The smallest absolute Gasteiger partial charge is 0.314 e. The molecule has 1 rings (SSSR count). The molecule has 1 unspecified atom stereocenters. The van der Waals surface area contributed by atoms with Crippen molar-refractivity contribution in [1.82, 2.24) is 0 Å². The van der Waals surface area contributed by atoms with Gasteiger partial charge in [-0.15, -0.1) is 0 Å². The molecule has 0 fully saturated rings. The lowest BCUT2D eigenvalue weighted by atomic mass is 9.86. The van der Waals surface area contributed by atoms with Crippen LogP contribution in [0.5, 0.6) is 0 Å². The van der Waals surface area contributed by atoms with Gasteiger partial charge in [-0.1, -0.05) is 42.5 Å². The monoisotopic (exact) mass is 234 g/mol. The van der Waals surface area contributed by atoms with Crippen LogP contribution in [-0.2, 0) is 9.53 Å². The predicted molar refractivity (Wildman–Crippen MR) is 67.3 cm³/mol. The molecule has 3 nitrogen and oxygen atoms in total. The number of hydrogen-bond acceptors (Lipinski definition) is 3. The van der Waals surface area contributed by atoms with E-state index in [0.717, 1.165) is 5.56 Å². The lowest BCUT2D eigenvalue weighted by Crippen LogP contribution is -2.36. The molecule has 0 bridgehead atoms. The summed E-state index contributed by atoms with van der Waals surface area (Å²) in [5, 5.41) is 9.95. The zero-order valence-electron chi connectivity index (χ0n) is 10.4. The molecule has 1 aromatic rings.